The van der Waals surface area contributed by atoms with E-state index in [-0.39, 0.29) is 10.8 Å². The molecule has 1 aliphatic heterocycles. The third-order valence-electron chi connectivity index (χ3n) is 4.15. The van der Waals surface area contributed by atoms with E-state index in [1.165, 1.54) is 19.2 Å². The van der Waals surface area contributed by atoms with Crippen molar-refractivity contribution in [1.82, 2.24) is 0 Å². The highest BCUT2D eigenvalue weighted by molar-refractivity contribution is 7.92. The molecule has 3 rings (SSSR count). The van der Waals surface area contributed by atoms with E-state index >= 15 is 0 Å². The molecule has 0 atom stereocenters. The van der Waals surface area contributed by atoms with Gasteiger partial charge in [0.2, 0.25) is 0 Å². The Kier molecular flexibility index (Phi) is 4.50. The van der Waals surface area contributed by atoms with Gasteiger partial charge in [0.15, 0.2) is 0 Å². The zero-order valence-corrected chi connectivity index (χ0v) is 15.8. The van der Waals surface area contributed by atoms with Crippen molar-refractivity contribution in [1.29, 1.82) is 0 Å². The summed E-state index contributed by atoms with van der Waals surface area (Å²) in [5.41, 5.74) is 3.80. The fourth-order valence-electron chi connectivity index (χ4n) is 2.92. The number of carbonyl (C=O) groups is 1. The van der Waals surface area contributed by atoms with Gasteiger partial charge in [-0.05, 0) is 56.7 Å². The van der Waals surface area contributed by atoms with Crippen LogP contribution in [0, 0.1) is 6.92 Å². The molecule has 0 aromatic heterocycles. The largest absolute Gasteiger partial charge is 0.495 e. The highest BCUT2D eigenvalue weighted by Crippen LogP contribution is 2.36. The Bertz CT molecular complexity index is 1040. The molecular weight excluding hydrogens is 352 g/mol. The predicted molar refractivity (Wildman–Crippen MR) is 102 cm³/mol. The van der Waals surface area contributed by atoms with Crippen LogP contribution in [0.2, 0.25) is 0 Å². The third-order valence-corrected chi connectivity index (χ3v) is 5.51. The van der Waals surface area contributed by atoms with E-state index in [1.807, 2.05) is 26.8 Å². The van der Waals surface area contributed by atoms with Crippen LogP contribution in [0.5, 0.6) is 5.75 Å². The van der Waals surface area contributed by atoms with Crippen molar-refractivity contribution in [3.05, 3.63) is 53.1 Å². The number of amides is 1. The second-order valence-corrected chi connectivity index (χ2v) is 8.03. The fraction of sp³-hybridized carbons (Fsp3) is 0.211. The number of ether oxygens (including phenoxy) is 1. The highest BCUT2D eigenvalue weighted by atomic mass is 32.2. The van der Waals surface area contributed by atoms with Crippen molar-refractivity contribution >= 4 is 32.9 Å². The summed E-state index contributed by atoms with van der Waals surface area (Å²) in [7, 11) is -2.36. The molecule has 0 unspecified atom stereocenters. The SMILES string of the molecule is COc1ccc(C)cc1NS(=O)(=O)c1ccc2c(c1)C(=C(C)C)C(=O)N2. The van der Waals surface area contributed by atoms with E-state index in [9.17, 15) is 13.2 Å². The van der Waals surface area contributed by atoms with Crippen molar-refractivity contribution in [2.45, 2.75) is 25.7 Å². The molecule has 1 heterocycles. The number of aryl methyl sites for hydroxylation is 1. The number of allylic oxidation sites excluding steroid dienone is 1. The van der Waals surface area contributed by atoms with Crippen molar-refractivity contribution in [2.75, 3.05) is 17.1 Å². The maximum absolute atomic E-state index is 12.9. The molecule has 0 aliphatic carbocycles. The summed E-state index contributed by atoms with van der Waals surface area (Å²) in [6, 6.07) is 9.84. The Morgan fingerprint density at radius 1 is 1.12 bits per heavy atom. The van der Waals surface area contributed by atoms with Crippen LogP contribution in [0.25, 0.3) is 5.57 Å². The van der Waals surface area contributed by atoms with Crippen LogP contribution in [0.1, 0.15) is 25.0 Å². The number of hydrogen-bond acceptors (Lipinski definition) is 4. The number of sulfonamides is 1. The lowest BCUT2D eigenvalue weighted by Gasteiger charge is -2.13. The number of anilines is 2. The van der Waals surface area contributed by atoms with Crippen LogP contribution in [-0.2, 0) is 14.8 Å². The first-order valence-electron chi connectivity index (χ1n) is 8.03. The summed E-state index contributed by atoms with van der Waals surface area (Å²) in [6.45, 7) is 5.51. The quantitative estimate of drug-likeness (QED) is 0.804. The van der Waals surface area contributed by atoms with E-state index in [0.717, 1.165) is 11.1 Å². The van der Waals surface area contributed by atoms with E-state index in [4.69, 9.17) is 4.74 Å². The zero-order chi connectivity index (χ0) is 19.1. The normalized spacial score (nSPS) is 13.2. The molecule has 2 N–H and O–H groups in total. The minimum absolute atomic E-state index is 0.0788. The number of methoxy groups -OCH3 is 1. The second kappa shape index (κ2) is 6.49. The Morgan fingerprint density at radius 3 is 2.50 bits per heavy atom. The smallest absolute Gasteiger partial charge is 0.262 e. The van der Waals surface area contributed by atoms with E-state index in [2.05, 4.69) is 10.0 Å². The zero-order valence-electron chi connectivity index (χ0n) is 15.0. The number of nitrogens with one attached hydrogen (secondary N) is 2. The number of fused-ring (bicyclic) bond motifs is 1. The highest BCUT2D eigenvalue weighted by Gasteiger charge is 2.27. The van der Waals surface area contributed by atoms with Gasteiger partial charge < -0.3 is 10.1 Å². The second-order valence-electron chi connectivity index (χ2n) is 6.35. The monoisotopic (exact) mass is 372 g/mol. The first-order valence-corrected chi connectivity index (χ1v) is 9.52. The van der Waals surface area contributed by atoms with Crippen LogP contribution in [0.4, 0.5) is 11.4 Å². The Balaban J connectivity index is 2.04. The molecular formula is C19H20N2O4S. The molecule has 0 saturated heterocycles. The summed E-state index contributed by atoms with van der Waals surface area (Å²) < 4.78 is 33.5. The van der Waals surface area contributed by atoms with Crippen molar-refractivity contribution in [3.8, 4) is 5.75 Å². The van der Waals surface area contributed by atoms with Gasteiger partial charge in [-0.15, -0.1) is 0 Å². The van der Waals surface area contributed by atoms with Gasteiger partial charge >= 0.3 is 0 Å². The fourth-order valence-corrected chi connectivity index (χ4v) is 4.00. The molecule has 0 saturated carbocycles. The van der Waals surface area contributed by atoms with Gasteiger partial charge in [-0.3, -0.25) is 9.52 Å². The maximum atomic E-state index is 12.9. The number of rotatable bonds is 4. The molecule has 0 spiro atoms. The molecule has 0 radical (unpaired) electrons. The lowest BCUT2D eigenvalue weighted by atomic mass is 10.0. The van der Waals surface area contributed by atoms with Crippen molar-refractivity contribution < 1.29 is 17.9 Å². The molecule has 2 aromatic carbocycles. The lowest BCUT2D eigenvalue weighted by Crippen LogP contribution is -2.14. The average molecular weight is 372 g/mol. The third kappa shape index (κ3) is 3.17. The molecule has 7 heteroatoms. The summed E-state index contributed by atoms with van der Waals surface area (Å²) >= 11 is 0. The van der Waals surface area contributed by atoms with Crippen LogP contribution in [0.3, 0.4) is 0 Å². The van der Waals surface area contributed by atoms with Crippen LogP contribution >= 0.6 is 0 Å². The van der Waals surface area contributed by atoms with Gasteiger partial charge in [0.1, 0.15) is 5.75 Å². The Labute approximate surface area is 152 Å². The summed E-state index contributed by atoms with van der Waals surface area (Å²) in [4.78, 5) is 12.2. The molecule has 136 valence electrons. The van der Waals surface area contributed by atoms with Gasteiger partial charge in [-0.2, -0.15) is 0 Å². The topological polar surface area (TPSA) is 84.5 Å². The average Bonchev–Trinajstić information content (AvgIpc) is 2.89. The molecule has 2 aromatic rings. The molecule has 1 amide bonds. The van der Waals surface area contributed by atoms with E-state index in [0.29, 0.717) is 28.3 Å². The Hall–Kier alpha value is -2.80. The minimum atomic E-state index is -3.84. The molecule has 0 fully saturated rings. The number of hydrogen-bond donors (Lipinski definition) is 2. The summed E-state index contributed by atoms with van der Waals surface area (Å²) in [6.07, 6.45) is 0. The maximum Gasteiger partial charge on any atom is 0.262 e. The van der Waals surface area contributed by atoms with E-state index < -0.39 is 10.0 Å². The van der Waals surface area contributed by atoms with Gasteiger partial charge in [-0.25, -0.2) is 8.42 Å². The van der Waals surface area contributed by atoms with Crippen LogP contribution in [-0.4, -0.2) is 21.4 Å². The van der Waals surface area contributed by atoms with Crippen molar-refractivity contribution in [3.63, 3.8) is 0 Å². The van der Waals surface area contributed by atoms with Gasteiger partial charge in [0.25, 0.3) is 15.9 Å². The standard InChI is InChI=1S/C19H20N2O4S/c1-11(2)18-14-10-13(6-7-15(14)20-19(18)22)26(23,24)21-16-9-12(3)5-8-17(16)25-4/h5-10,21H,1-4H3,(H,20,22). The number of benzene rings is 2. The van der Waals surface area contributed by atoms with Gasteiger partial charge in [-0.1, -0.05) is 11.6 Å². The van der Waals surface area contributed by atoms with Crippen LogP contribution < -0.4 is 14.8 Å². The number of carbonyl (C=O) groups excluding carboxylic acids is 1. The summed E-state index contributed by atoms with van der Waals surface area (Å²) in [5.74, 6) is 0.213. The van der Waals surface area contributed by atoms with Gasteiger partial charge in [0, 0.05) is 16.8 Å². The van der Waals surface area contributed by atoms with Crippen LogP contribution in [0.15, 0.2) is 46.9 Å². The minimum Gasteiger partial charge on any atom is -0.495 e. The molecule has 1 aliphatic rings. The predicted octanol–water partition coefficient (Wildman–Crippen LogP) is 3.55. The van der Waals surface area contributed by atoms with Gasteiger partial charge in [0.05, 0.1) is 17.7 Å². The first kappa shape index (κ1) is 18.0. The van der Waals surface area contributed by atoms with Crippen molar-refractivity contribution in [2.24, 2.45) is 0 Å². The molecule has 0 bridgehead atoms. The molecule has 26 heavy (non-hydrogen) atoms. The molecule has 6 nitrogen and oxygen atoms in total. The lowest BCUT2D eigenvalue weighted by molar-refractivity contribution is -0.110. The summed E-state index contributed by atoms with van der Waals surface area (Å²) in [5, 5.41) is 2.75. The Morgan fingerprint density at radius 2 is 1.85 bits per heavy atom. The van der Waals surface area contributed by atoms with E-state index in [1.54, 1.807) is 18.2 Å². The first-order chi connectivity index (χ1) is 12.2.